The molecule has 1 aromatic heterocycles. The highest BCUT2D eigenvalue weighted by atomic mass is 35.5. The molecule has 0 saturated heterocycles. The Hall–Kier alpha value is -1.74. The van der Waals surface area contributed by atoms with E-state index in [4.69, 9.17) is 21.1 Å². The van der Waals surface area contributed by atoms with E-state index in [1.165, 1.54) is 0 Å². The summed E-state index contributed by atoms with van der Waals surface area (Å²) in [4.78, 5) is 4.29. The molecule has 1 aromatic carbocycles. The average Bonchev–Trinajstić information content (AvgIpc) is 2.44. The number of alkyl halides is 1. The Labute approximate surface area is 118 Å². The lowest BCUT2D eigenvalue weighted by molar-refractivity contribution is 0.211. The summed E-state index contributed by atoms with van der Waals surface area (Å²) in [5, 5.41) is 0. The number of nitrogens with zero attached hydrogens (tertiary/aromatic N) is 1. The average molecular weight is 278 g/mol. The smallest absolute Gasteiger partial charge is 0.213 e. The number of rotatable bonds is 6. The van der Waals surface area contributed by atoms with Crippen LogP contribution in [-0.2, 0) is 5.88 Å². The Morgan fingerprint density at radius 2 is 1.79 bits per heavy atom. The summed E-state index contributed by atoms with van der Waals surface area (Å²) in [6.45, 7) is 2.85. The molecule has 2 rings (SSSR count). The fourth-order valence-corrected chi connectivity index (χ4v) is 1.83. The molecule has 0 N–H and O–H groups in total. The summed E-state index contributed by atoms with van der Waals surface area (Å²) < 4.78 is 11.1. The van der Waals surface area contributed by atoms with E-state index < -0.39 is 0 Å². The minimum atomic E-state index is 0.451. The Morgan fingerprint density at radius 3 is 2.53 bits per heavy atom. The van der Waals surface area contributed by atoms with Gasteiger partial charge in [-0.05, 0) is 30.7 Å². The van der Waals surface area contributed by atoms with Crippen molar-refractivity contribution in [1.29, 1.82) is 0 Å². The van der Waals surface area contributed by atoms with Crippen molar-refractivity contribution in [2.75, 3.05) is 13.2 Å². The fraction of sp³-hybridized carbons (Fsp3) is 0.267. The SMILES string of the molecule is Cc1cc(CCl)cc(OCCOc2ccccc2)n1. The molecule has 1 heterocycles. The van der Waals surface area contributed by atoms with E-state index in [9.17, 15) is 0 Å². The highest BCUT2D eigenvalue weighted by Gasteiger charge is 2.01. The molecular weight excluding hydrogens is 262 g/mol. The van der Waals surface area contributed by atoms with Crippen molar-refractivity contribution in [2.24, 2.45) is 0 Å². The van der Waals surface area contributed by atoms with Crippen molar-refractivity contribution < 1.29 is 9.47 Å². The molecule has 0 radical (unpaired) electrons. The van der Waals surface area contributed by atoms with E-state index in [0.717, 1.165) is 17.0 Å². The second kappa shape index (κ2) is 7.00. The summed E-state index contributed by atoms with van der Waals surface area (Å²) in [5.74, 6) is 1.89. The van der Waals surface area contributed by atoms with E-state index in [-0.39, 0.29) is 0 Å². The number of ether oxygens (including phenoxy) is 2. The summed E-state index contributed by atoms with van der Waals surface area (Å²) in [5.41, 5.74) is 1.91. The molecule has 100 valence electrons. The topological polar surface area (TPSA) is 31.4 Å². The monoisotopic (exact) mass is 277 g/mol. The Morgan fingerprint density at radius 1 is 1.05 bits per heavy atom. The van der Waals surface area contributed by atoms with Crippen molar-refractivity contribution in [3.8, 4) is 11.6 Å². The first-order valence-corrected chi connectivity index (χ1v) is 6.65. The summed E-state index contributed by atoms with van der Waals surface area (Å²) in [7, 11) is 0. The van der Waals surface area contributed by atoms with Gasteiger partial charge in [0.1, 0.15) is 19.0 Å². The predicted octanol–water partition coefficient (Wildman–Crippen LogP) is 3.59. The molecular formula is C15H16ClNO2. The van der Waals surface area contributed by atoms with Gasteiger partial charge in [-0.25, -0.2) is 4.98 Å². The summed E-state index contributed by atoms with van der Waals surface area (Å²) in [6, 6.07) is 13.4. The third kappa shape index (κ3) is 4.45. The van der Waals surface area contributed by atoms with Gasteiger partial charge >= 0.3 is 0 Å². The number of halogens is 1. The zero-order chi connectivity index (χ0) is 13.5. The highest BCUT2D eigenvalue weighted by Crippen LogP contribution is 2.14. The first-order chi connectivity index (χ1) is 9.28. The lowest BCUT2D eigenvalue weighted by atomic mass is 10.2. The molecule has 0 saturated carbocycles. The molecule has 0 spiro atoms. The molecule has 2 aromatic rings. The van der Waals surface area contributed by atoms with Crippen LogP contribution in [-0.4, -0.2) is 18.2 Å². The maximum Gasteiger partial charge on any atom is 0.213 e. The van der Waals surface area contributed by atoms with Crippen LogP contribution in [0.2, 0.25) is 0 Å². The van der Waals surface area contributed by atoms with Crippen LogP contribution < -0.4 is 9.47 Å². The van der Waals surface area contributed by atoms with Gasteiger partial charge in [0.15, 0.2) is 0 Å². The normalized spacial score (nSPS) is 10.2. The van der Waals surface area contributed by atoms with Crippen LogP contribution in [0.1, 0.15) is 11.3 Å². The van der Waals surface area contributed by atoms with Crippen molar-refractivity contribution >= 4 is 11.6 Å². The van der Waals surface area contributed by atoms with Crippen molar-refractivity contribution in [2.45, 2.75) is 12.8 Å². The summed E-state index contributed by atoms with van der Waals surface area (Å²) in [6.07, 6.45) is 0. The first kappa shape index (κ1) is 13.7. The van der Waals surface area contributed by atoms with Crippen LogP contribution in [0.25, 0.3) is 0 Å². The van der Waals surface area contributed by atoms with Gasteiger partial charge in [0.25, 0.3) is 0 Å². The molecule has 4 heteroatoms. The van der Waals surface area contributed by atoms with Gasteiger partial charge in [-0.2, -0.15) is 0 Å². The number of pyridine rings is 1. The van der Waals surface area contributed by atoms with Crippen molar-refractivity contribution in [3.63, 3.8) is 0 Å². The van der Waals surface area contributed by atoms with E-state index in [1.807, 2.05) is 49.4 Å². The Kier molecular flexibility index (Phi) is 5.04. The lowest BCUT2D eigenvalue weighted by Gasteiger charge is -2.09. The molecule has 0 aliphatic carbocycles. The number of benzene rings is 1. The van der Waals surface area contributed by atoms with Crippen LogP contribution in [0.3, 0.4) is 0 Å². The Balaban J connectivity index is 1.81. The molecule has 19 heavy (non-hydrogen) atoms. The minimum Gasteiger partial charge on any atom is -0.490 e. The van der Waals surface area contributed by atoms with E-state index in [2.05, 4.69) is 4.98 Å². The van der Waals surface area contributed by atoms with Crippen LogP contribution >= 0.6 is 11.6 Å². The van der Waals surface area contributed by atoms with Gasteiger partial charge < -0.3 is 9.47 Å². The molecule has 0 bridgehead atoms. The zero-order valence-corrected chi connectivity index (χ0v) is 11.6. The van der Waals surface area contributed by atoms with Crippen LogP contribution in [0, 0.1) is 6.92 Å². The van der Waals surface area contributed by atoms with Crippen LogP contribution in [0.15, 0.2) is 42.5 Å². The van der Waals surface area contributed by atoms with Crippen molar-refractivity contribution in [1.82, 2.24) is 4.98 Å². The second-order valence-electron chi connectivity index (χ2n) is 4.10. The number of para-hydroxylation sites is 1. The molecule has 0 fully saturated rings. The lowest BCUT2D eigenvalue weighted by Crippen LogP contribution is -2.10. The third-order valence-electron chi connectivity index (χ3n) is 2.49. The van der Waals surface area contributed by atoms with E-state index in [0.29, 0.717) is 25.0 Å². The number of hydrogen-bond acceptors (Lipinski definition) is 3. The summed E-state index contributed by atoms with van der Waals surface area (Å²) >= 11 is 5.80. The quantitative estimate of drug-likeness (QED) is 0.597. The molecule has 0 atom stereocenters. The van der Waals surface area contributed by atoms with Crippen molar-refractivity contribution in [3.05, 3.63) is 53.7 Å². The maximum absolute atomic E-state index is 5.80. The van der Waals surface area contributed by atoms with Gasteiger partial charge in [0.05, 0.1) is 0 Å². The third-order valence-corrected chi connectivity index (χ3v) is 2.80. The Bertz CT molecular complexity index is 517. The highest BCUT2D eigenvalue weighted by molar-refractivity contribution is 6.17. The molecule has 0 unspecified atom stereocenters. The number of aromatic nitrogens is 1. The fourth-order valence-electron chi connectivity index (χ4n) is 1.68. The van der Waals surface area contributed by atoms with Gasteiger partial charge in [0, 0.05) is 17.6 Å². The zero-order valence-electron chi connectivity index (χ0n) is 10.8. The molecule has 0 amide bonds. The molecule has 0 aliphatic rings. The largest absolute Gasteiger partial charge is 0.490 e. The van der Waals surface area contributed by atoms with Gasteiger partial charge in [-0.15, -0.1) is 11.6 Å². The van der Waals surface area contributed by atoms with Gasteiger partial charge in [-0.1, -0.05) is 18.2 Å². The van der Waals surface area contributed by atoms with Crippen LogP contribution in [0.4, 0.5) is 0 Å². The van der Waals surface area contributed by atoms with E-state index >= 15 is 0 Å². The second-order valence-corrected chi connectivity index (χ2v) is 4.37. The van der Waals surface area contributed by atoms with E-state index in [1.54, 1.807) is 0 Å². The van der Waals surface area contributed by atoms with Gasteiger partial charge in [-0.3, -0.25) is 0 Å². The first-order valence-electron chi connectivity index (χ1n) is 6.12. The number of hydrogen-bond donors (Lipinski definition) is 0. The predicted molar refractivity (Wildman–Crippen MR) is 76.0 cm³/mol. The standard InChI is InChI=1S/C15H16ClNO2/c1-12-9-13(11-16)10-15(17-12)19-8-7-18-14-5-3-2-4-6-14/h2-6,9-10H,7-8,11H2,1H3. The van der Waals surface area contributed by atoms with Crippen LogP contribution in [0.5, 0.6) is 11.6 Å². The number of aryl methyl sites for hydroxylation is 1. The minimum absolute atomic E-state index is 0.451. The van der Waals surface area contributed by atoms with Gasteiger partial charge in [0.2, 0.25) is 5.88 Å². The molecule has 3 nitrogen and oxygen atoms in total. The molecule has 0 aliphatic heterocycles. The maximum atomic E-state index is 5.80.